The molecule has 0 aliphatic heterocycles. The molecule has 0 aromatic carbocycles. The summed E-state index contributed by atoms with van der Waals surface area (Å²) < 4.78 is 0.505. The van der Waals surface area contributed by atoms with E-state index in [2.05, 4.69) is 36.2 Å². The van der Waals surface area contributed by atoms with Crippen LogP contribution in [0.5, 0.6) is 0 Å². The molecule has 2 heterocycles. The monoisotopic (exact) mass is 338 g/mol. The zero-order valence-electron chi connectivity index (χ0n) is 10.2. The second-order valence-electron chi connectivity index (χ2n) is 3.99. The molecule has 0 aliphatic carbocycles. The molecule has 3 N–H and O–H groups in total. The highest BCUT2D eigenvalue weighted by Crippen LogP contribution is 2.07. The number of H-pyrrole nitrogens is 1. The molecule has 2 rings (SSSR count). The Bertz CT molecular complexity index is 615. The first-order chi connectivity index (χ1) is 9.56. The highest BCUT2D eigenvalue weighted by molar-refractivity contribution is 9.10. The average Bonchev–Trinajstić information content (AvgIpc) is 2.90. The van der Waals surface area contributed by atoms with Crippen LogP contribution in [0.2, 0.25) is 0 Å². The average molecular weight is 339 g/mol. The van der Waals surface area contributed by atoms with E-state index >= 15 is 0 Å². The molecule has 0 saturated heterocycles. The van der Waals surface area contributed by atoms with Crippen molar-refractivity contribution in [2.24, 2.45) is 0 Å². The number of hydrogen-bond acceptors (Lipinski definition) is 4. The van der Waals surface area contributed by atoms with Crippen molar-refractivity contribution in [1.29, 1.82) is 0 Å². The second kappa shape index (κ2) is 6.29. The summed E-state index contributed by atoms with van der Waals surface area (Å²) in [5, 5.41) is 11.6. The predicted molar refractivity (Wildman–Crippen MR) is 73.1 cm³/mol. The maximum Gasteiger partial charge on any atom is 0.326 e. The lowest BCUT2D eigenvalue weighted by Gasteiger charge is -2.13. The minimum Gasteiger partial charge on any atom is -0.480 e. The second-order valence-corrected chi connectivity index (χ2v) is 4.80. The molecule has 2 aromatic rings. The van der Waals surface area contributed by atoms with E-state index in [-0.39, 0.29) is 12.1 Å². The predicted octanol–water partition coefficient (Wildman–Crippen LogP) is 0.993. The maximum absolute atomic E-state index is 12.0. The third-order valence-electron chi connectivity index (χ3n) is 2.53. The molecule has 0 spiro atoms. The van der Waals surface area contributed by atoms with E-state index in [0.717, 1.165) is 0 Å². The number of hydrogen-bond donors (Lipinski definition) is 3. The summed E-state index contributed by atoms with van der Waals surface area (Å²) >= 11 is 3.15. The molecule has 2 aromatic heterocycles. The third kappa shape index (κ3) is 3.64. The lowest BCUT2D eigenvalue weighted by Crippen LogP contribution is -2.42. The molecule has 7 nitrogen and oxygen atoms in total. The van der Waals surface area contributed by atoms with Gasteiger partial charge in [-0.3, -0.25) is 4.79 Å². The van der Waals surface area contributed by atoms with Crippen molar-refractivity contribution in [3.63, 3.8) is 0 Å². The Morgan fingerprint density at radius 1 is 1.45 bits per heavy atom. The van der Waals surface area contributed by atoms with Crippen LogP contribution in [0.3, 0.4) is 0 Å². The number of aliphatic carboxylic acids is 1. The van der Waals surface area contributed by atoms with Crippen molar-refractivity contribution >= 4 is 27.8 Å². The van der Waals surface area contributed by atoms with Crippen LogP contribution >= 0.6 is 15.9 Å². The van der Waals surface area contributed by atoms with E-state index in [1.54, 1.807) is 12.1 Å². The SMILES string of the molecule is O=C(N[C@@H](Cc1cnc[nH]1)C(=O)O)c1cccc(Br)n1. The van der Waals surface area contributed by atoms with Crippen LogP contribution in [-0.4, -0.2) is 38.0 Å². The first kappa shape index (κ1) is 14.2. The summed E-state index contributed by atoms with van der Waals surface area (Å²) in [5.74, 6) is -1.67. The first-order valence-electron chi connectivity index (χ1n) is 5.69. The van der Waals surface area contributed by atoms with Gasteiger partial charge in [-0.05, 0) is 28.1 Å². The fourth-order valence-corrected chi connectivity index (χ4v) is 1.93. The molecule has 0 unspecified atom stereocenters. The lowest BCUT2D eigenvalue weighted by atomic mass is 10.1. The van der Waals surface area contributed by atoms with Gasteiger partial charge in [-0.25, -0.2) is 14.8 Å². The van der Waals surface area contributed by atoms with Crippen LogP contribution in [0.25, 0.3) is 0 Å². The van der Waals surface area contributed by atoms with E-state index < -0.39 is 17.9 Å². The Morgan fingerprint density at radius 3 is 2.85 bits per heavy atom. The number of carboxylic acids is 1. The Kier molecular flexibility index (Phi) is 4.46. The Balaban J connectivity index is 2.08. The van der Waals surface area contributed by atoms with Crippen molar-refractivity contribution in [3.8, 4) is 0 Å². The van der Waals surface area contributed by atoms with Crippen LogP contribution in [0, 0.1) is 0 Å². The summed E-state index contributed by atoms with van der Waals surface area (Å²) in [4.78, 5) is 33.7. The molecule has 0 aliphatic rings. The number of carbonyl (C=O) groups is 2. The number of carbonyl (C=O) groups excluding carboxylic acids is 1. The summed E-state index contributed by atoms with van der Waals surface area (Å²) in [6, 6.07) is 3.78. The molecule has 0 fully saturated rings. The topological polar surface area (TPSA) is 108 Å². The normalized spacial score (nSPS) is 11.8. The number of aromatic nitrogens is 3. The van der Waals surface area contributed by atoms with Crippen LogP contribution in [-0.2, 0) is 11.2 Å². The van der Waals surface area contributed by atoms with Gasteiger partial charge in [0.05, 0.1) is 6.33 Å². The summed E-state index contributed by atoms with van der Waals surface area (Å²) in [7, 11) is 0. The van der Waals surface area contributed by atoms with Crippen molar-refractivity contribution < 1.29 is 14.7 Å². The van der Waals surface area contributed by atoms with Crippen LogP contribution in [0.15, 0.2) is 35.3 Å². The van der Waals surface area contributed by atoms with Crippen LogP contribution < -0.4 is 5.32 Å². The Hall–Kier alpha value is -2.22. The quantitative estimate of drug-likeness (QED) is 0.704. The summed E-state index contributed by atoms with van der Waals surface area (Å²) in [6.07, 6.45) is 3.08. The van der Waals surface area contributed by atoms with Crippen LogP contribution in [0.4, 0.5) is 0 Å². The van der Waals surface area contributed by atoms with Gasteiger partial charge in [-0.15, -0.1) is 0 Å². The summed E-state index contributed by atoms with van der Waals surface area (Å²) in [6.45, 7) is 0. The van der Waals surface area contributed by atoms with Crippen molar-refractivity contribution in [3.05, 3.63) is 46.7 Å². The fraction of sp³-hybridized carbons (Fsp3) is 0.167. The van der Waals surface area contributed by atoms with Gasteiger partial charge in [0.1, 0.15) is 16.3 Å². The van der Waals surface area contributed by atoms with Gasteiger partial charge < -0.3 is 15.4 Å². The molecular formula is C12H11BrN4O3. The molecular weight excluding hydrogens is 328 g/mol. The number of carboxylic acid groups (broad SMARTS) is 1. The van der Waals surface area contributed by atoms with E-state index in [1.807, 2.05) is 0 Å². The highest BCUT2D eigenvalue weighted by Gasteiger charge is 2.22. The number of aromatic amines is 1. The minimum atomic E-state index is -1.12. The highest BCUT2D eigenvalue weighted by atomic mass is 79.9. The lowest BCUT2D eigenvalue weighted by molar-refractivity contribution is -0.139. The van der Waals surface area contributed by atoms with E-state index in [0.29, 0.717) is 10.3 Å². The van der Waals surface area contributed by atoms with Gasteiger partial charge in [-0.2, -0.15) is 0 Å². The molecule has 8 heteroatoms. The number of nitrogens with one attached hydrogen (secondary N) is 2. The van der Waals surface area contributed by atoms with Gasteiger partial charge in [0.2, 0.25) is 0 Å². The minimum absolute atomic E-state index is 0.120. The third-order valence-corrected chi connectivity index (χ3v) is 2.97. The van der Waals surface area contributed by atoms with Gasteiger partial charge in [0.15, 0.2) is 0 Å². The molecule has 104 valence electrons. The number of rotatable bonds is 5. The van der Waals surface area contributed by atoms with Gasteiger partial charge in [-0.1, -0.05) is 6.07 Å². The molecule has 1 amide bonds. The summed E-state index contributed by atoms with van der Waals surface area (Å²) in [5.41, 5.74) is 0.773. The number of imidazole rings is 1. The van der Waals surface area contributed by atoms with E-state index in [4.69, 9.17) is 5.11 Å². The van der Waals surface area contributed by atoms with Gasteiger partial charge in [0.25, 0.3) is 5.91 Å². The zero-order chi connectivity index (χ0) is 14.5. The number of nitrogens with zero attached hydrogens (tertiary/aromatic N) is 2. The fourth-order valence-electron chi connectivity index (χ4n) is 1.58. The van der Waals surface area contributed by atoms with Crippen LogP contribution in [0.1, 0.15) is 16.2 Å². The number of halogens is 1. The largest absolute Gasteiger partial charge is 0.480 e. The van der Waals surface area contributed by atoms with Crippen molar-refractivity contribution in [2.45, 2.75) is 12.5 Å². The smallest absolute Gasteiger partial charge is 0.326 e. The molecule has 0 saturated carbocycles. The zero-order valence-corrected chi connectivity index (χ0v) is 11.8. The number of pyridine rings is 1. The van der Waals surface area contributed by atoms with Crippen molar-refractivity contribution in [2.75, 3.05) is 0 Å². The molecule has 0 bridgehead atoms. The van der Waals surface area contributed by atoms with Gasteiger partial charge in [0, 0.05) is 18.3 Å². The standard InChI is InChI=1S/C12H11BrN4O3/c13-10-3-1-2-8(16-10)11(18)17-9(12(19)20)4-7-5-14-6-15-7/h1-3,5-6,9H,4H2,(H,14,15)(H,17,18)(H,19,20)/t9-/m0/s1. The molecule has 20 heavy (non-hydrogen) atoms. The van der Waals surface area contributed by atoms with E-state index in [9.17, 15) is 9.59 Å². The Labute approximate surface area is 122 Å². The maximum atomic E-state index is 12.0. The number of amides is 1. The molecule has 0 radical (unpaired) electrons. The van der Waals surface area contributed by atoms with Crippen molar-refractivity contribution in [1.82, 2.24) is 20.3 Å². The Morgan fingerprint density at radius 2 is 2.25 bits per heavy atom. The van der Waals surface area contributed by atoms with E-state index in [1.165, 1.54) is 18.6 Å². The first-order valence-corrected chi connectivity index (χ1v) is 6.49. The molecule has 1 atom stereocenters. The van der Waals surface area contributed by atoms with Gasteiger partial charge >= 0.3 is 5.97 Å².